The Kier molecular flexibility index (Phi) is 5.89. The van der Waals surface area contributed by atoms with Crippen molar-refractivity contribution in [2.75, 3.05) is 26.9 Å². The minimum atomic E-state index is -0.234. The van der Waals surface area contributed by atoms with Crippen LogP contribution in [0.2, 0.25) is 0 Å². The summed E-state index contributed by atoms with van der Waals surface area (Å²) >= 11 is 0. The Labute approximate surface area is 173 Å². The van der Waals surface area contributed by atoms with Gasteiger partial charge in [-0.1, -0.05) is 0 Å². The molecule has 0 aliphatic carbocycles. The maximum absolute atomic E-state index is 12.8. The predicted octanol–water partition coefficient (Wildman–Crippen LogP) is 1.79. The SMILES string of the molecule is COc1cc(-c2c[nH]n(-c3ccc(C(=O)NCC4CCOCC4)nc3)c2=O)ccn1. The molecule has 3 aromatic rings. The fourth-order valence-electron chi connectivity index (χ4n) is 3.39. The highest BCUT2D eigenvalue weighted by atomic mass is 16.5. The van der Waals surface area contributed by atoms with Crippen LogP contribution in [0.15, 0.2) is 47.7 Å². The second-order valence-electron chi connectivity index (χ2n) is 7.08. The van der Waals surface area contributed by atoms with Crippen molar-refractivity contribution >= 4 is 5.91 Å². The first-order chi connectivity index (χ1) is 14.7. The monoisotopic (exact) mass is 409 g/mol. The van der Waals surface area contributed by atoms with Crippen LogP contribution >= 0.6 is 0 Å². The molecule has 4 rings (SSSR count). The van der Waals surface area contributed by atoms with Gasteiger partial charge >= 0.3 is 0 Å². The fraction of sp³-hybridized carbons (Fsp3) is 0.333. The average Bonchev–Trinajstić information content (AvgIpc) is 3.19. The molecule has 0 bridgehead atoms. The van der Waals surface area contributed by atoms with Crippen molar-refractivity contribution in [3.05, 3.63) is 58.9 Å². The molecule has 1 fully saturated rings. The number of amides is 1. The third-order valence-corrected chi connectivity index (χ3v) is 5.16. The summed E-state index contributed by atoms with van der Waals surface area (Å²) < 4.78 is 11.8. The smallest absolute Gasteiger partial charge is 0.279 e. The van der Waals surface area contributed by atoms with Crippen LogP contribution in [-0.4, -0.2) is 52.5 Å². The number of H-pyrrole nitrogens is 1. The quantitative estimate of drug-likeness (QED) is 0.642. The van der Waals surface area contributed by atoms with Crippen LogP contribution in [0.1, 0.15) is 23.3 Å². The van der Waals surface area contributed by atoms with Crippen molar-refractivity contribution in [2.24, 2.45) is 5.92 Å². The molecule has 0 radical (unpaired) electrons. The van der Waals surface area contributed by atoms with Crippen LogP contribution in [0.5, 0.6) is 5.88 Å². The van der Waals surface area contributed by atoms with Crippen LogP contribution in [0, 0.1) is 5.92 Å². The van der Waals surface area contributed by atoms with E-state index in [1.54, 1.807) is 36.7 Å². The molecule has 156 valence electrons. The van der Waals surface area contributed by atoms with Gasteiger partial charge in [0.05, 0.1) is 24.6 Å². The van der Waals surface area contributed by atoms with Gasteiger partial charge in [0.25, 0.3) is 11.5 Å². The molecule has 0 aromatic carbocycles. The van der Waals surface area contributed by atoms with Crippen LogP contribution in [0.25, 0.3) is 16.8 Å². The first-order valence-corrected chi connectivity index (χ1v) is 9.79. The molecule has 1 aliphatic heterocycles. The van der Waals surface area contributed by atoms with E-state index in [2.05, 4.69) is 20.4 Å². The number of nitrogens with zero attached hydrogens (tertiary/aromatic N) is 3. The van der Waals surface area contributed by atoms with Crippen molar-refractivity contribution in [2.45, 2.75) is 12.8 Å². The molecular weight excluding hydrogens is 386 g/mol. The third kappa shape index (κ3) is 4.25. The molecule has 4 heterocycles. The molecule has 0 saturated carbocycles. The zero-order valence-electron chi connectivity index (χ0n) is 16.6. The van der Waals surface area contributed by atoms with Crippen molar-refractivity contribution in [3.63, 3.8) is 0 Å². The summed E-state index contributed by atoms with van der Waals surface area (Å²) in [5.41, 5.74) is 1.78. The maximum Gasteiger partial charge on any atom is 0.279 e. The molecule has 9 heteroatoms. The molecule has 1 aliphatic rings. The molecule has 0 unspecified atom stereocenters. The zero-order valence-corrected chi connectivity index (χ0v) is 16.6. The Morgan fingerprint density at radius 3 is 2.87 bits per heavy atom. The van der Waals surface area contributed by atoms with Crippen molar-refractivity contribution < 1.29 is 14.3 Å². The van der Waals surface area contributed by atoms with Gasteiger partial charge in [-0.3, -0.25) is 14.7 Å². The number of rotatable bonds is 6. The minimum Gasteiger partial charge on any atom is -0.481 e. The van der Waals surface area contributed by atoms with Gasteiger partial charge in [0.15, 0.2) is 0 Å². The second kappa shape index (κ2) is 8.91. The zero-order chi connectivity index (χ0) is 20.9. The van der Waals surface area contributed by atoms with E-state index < -0.39 is 0 Å². The summed E-state index contributed by atoms with van der Waals surface area (Å²) in [6, 6.07) is 6.73. The Morgan fingerprint density at radius 2 is 2.13 bits per heavy atom. The van der Waals surface area contributed by atoms with Gasteiger partial charge in [0.1, 0.15) is 5.69 Å². The van der Waals surface area contributed by atoms with E-state index in [9.17, 15) is 9.59 Å². The minimum absolute atomic E-state index is 0.226. The standard InChI is InChI=1S/C21H23N5O4/c1-29-19-10-15(4-7-22-19)17-13-25-26(21(17)28)16-2-3-18(23-12-16)20(27)24-11-14-5-8-30-9-6-14/h2-4,7,10,12-14,25H,5-6,8-9,11H2,1H3,(H,24,27). The normalized spacial score (nSPS) is 14.4. The van der Waals surface area contributed by atoms with Gasteiger partial charge in [0, 0.05) is 38.2 Å². The van der Waals surface area contributed by atoms with Gasteiger partial charge in [0.2, 0.25) is 5.88 Å². The van der Waals surface area contributed by atoms with Crippen molar-refractivity contribution in [3.8, 4) is 22.7 Å². The van der Waals surface area contributed by atoms with Gasteiger partial charge in [-0.25, -0.2) is 14.6 Å². The summed E-state index contributed by atoms with van der Waals surface area (Å²) in [5.74, 6) is 0.638. The van der Waals surface area contributed by atoms with E-state index in [0.717, 1.165) is 26.1 Å². The van der Waals surface area contributed by atoms with E-state index in [1.807, 2.05) is 0 Å². The largest absolute Gasteiger partial charge is 0.481 e. The van der Waals surface area contributed by atoms with E-state index in [4.69, 9.17) is 9.47 Å². The topological polar surface area (TPSA) is 111 Å². The van der Waals surface area contributed by atoms with E-state index in [1.165, 1.54) is 18.0 Å². The van der Waals surface area contributed by atoms with E-state index in [-0.39, 0.29) is 11.5 Å². The molecule has 9 nitrogen and oxygen atoms in total. The van der Waals surface area contributed by atoms with Crippen LogP contribution < -0.4 is 15.6 Å². The van der Waals surface area contributed by atoms with Gasteiger partial charge in [-0.15, -0.1) is 0 Å². The maximum atomic E-state index is 12.8. The Balaban J connectivity index is 1.47. The predicted molar refractivity (Wildman–Crippen MR) is 110 cm³/mol. The highest BCUT2D eigenvalue weighted by Crippen LogP contribution is 2.19. The molecule has 0 spiro atoms. The Hall–Kier alpha value is -3.46. The van der Waals surface area contributed by atoms with Crippen molar-refractivity contribution in [1.29, 1.82) is 0 Å². The summed E-state index contributed by atoms with van der Waals surface area (Å²) in [7, 11) is 1.52. The lowest BCUT2D eigenvalue weighted by Gasteiger charge is -2.22. The highest BCUT2D eigenvalue weighted by molar-refractivity contribution is 5.92. The average molecular weight is 409 g/mol. The number of aromatic nitrogens is 4. The van der Waals surface area contributed by atoms with Crippen molar-refractivity contribution in [1.82, 2.24) is 25.1 Å². The molecule has 1 saturated heterocycles. The number of aromatic amines is 1. The van der Waals surface area contributed by atoms with Crippen LogP contribution in [0.4, 0.5) is 0 Å². The lowest BCUT2D eigenvalue weighted by Crippen LogP contribution is -2.32. The van der Waals surface area contributed by atoms with E-state index in [0.29, 0.717) is 40.9 Å². The van der Waals surface area contributed by atoms with Crippen LogP contribution in [-0.2, 0) is 4.74 Å². The number of carbonyl (C=O) groups is 1. The molecular formula is C21H23N5O4. The summed E-state index contributed by atoms with van der Waals surface area (Å²) in [5, 5.41) is 5.86. The molecule has 0 atom stereocenters. The van der Waals surface area contributed by atoms with Gasteiger partial charge in [-0.05, 0) is 42.5 Å². The Bertz CT molecular complexity index is 1070. The molecule has 3 aromatic heterocycles. The van der Waals surface area contributed by atoms with Crippen LogP contribution in [0.3, 0.4) is 0 Å². The number of nitrogens with one attached hydrogen (secondary N) is 2. The third-order valence-electron chi connectivity index (χ3n) is 5.16. The number of ether oxygens (including phenoxy) is 2. The second-order valence-corrected chi connectivity index (χ2v) is 7.08. The van der Waals surface area contributed by atoms with Gasteiger partial charge < -0.3 is 14.8 Å². The highest BCUT2D eigenvalue weighted by Gasteiger charge is 2.16. The fourth-order valence-corrected chi connectivity index (χ4v) is 3.39. The summed E-state index contributed by atoms with van der Waals surface area (Å²) in [6.07, 6.45) is 6.60. The number of pyridine rings is 2. The van der Waals surface area contributed by atoms with E-state index >= 15 is 0 Å². The number of hydrogen-bond acceptors (Lipinski definition) is 6. The summed E-state index contributed by atoms with van der Waals surface area (Å²) in [4.78, 5) is 33.4. The molecule has 30 heavy (non-hydrogen) atoms. The molecule has 2 N–H and O–H groups in total. The first-order valence-electron chi connectivity index (χ1n) is 9.79. The van der Waals surface area contributed by atoms with Gasteiger partial charge in [-0.2, -0.15) is 0 Å². The number of carbonyl (C=O) groups excluding carboxylic acids is 1. The first kappa shape index (κ1) is 19.8. The summed E-state index contributed by atoms with van der Waals surface area (Å²) in [6.45, 7) is 2.10. The number of methoxy groups -OCH3 is 1. The number of hydrogen-bond donors (Lipinski definition) is 2. The Morgan fingerprint density at radius 1 is 1.30 bits per heavy atom. The lowest BCUT2D eigenvalue weighted by molar-refractivity contribution is 0.0642. The lowest BCUT2D eigenvalue weighted by atomic mass is 10.0. The molecule has 1 amide bonds.